The maximum atomic E-state index is 13.5. The molecular weight excluding hydrogens is 378 g/mol. The predicted molar refractivity (Wildman–Crippen MR) is 100 cm³/mol. The molecule has 8 nitrogen and oxygen atoms in total. The number of aldehydes is 1. The molecule has 29 heavy (non-hydrogen) atoms. The van der Waals surface area contributed by atoms with Gasteiger partial charge in [0.15, 0.2) is 6.04 Å². The third kappa shape index (κ3) is 3.03. The molecule has 1 amide bonds. The highest BCUT2D eigenvalue weighted by molar-refractivity contribution is 5.94. The highest BCUT2D eigenvalue weighted by atomic mass is 16.6. The van der Waals surface area contributed by atoms with E-state index in [0.717, 1.165) is 5.56 Å². The summed E-state index contributed by atoms with van der Waals surface area (Å²) in [5, 5.41) is 0. The molecule has 154 valence electrons. The summed E-state index contributed by atoms with van der Waals surface area (Å²) in [5.41, 5.74) is -0.502. The molecule has 0 bridgehead atoms. The number of methoxy groups -OCH3 is 2. The van der Waals surface area contributed by atoms with Crippen molar-refractivity contribution in [3.05, 3.63) is 42.0 Å². The molecule has 0 aromatic heterocycles. The summed E-state index contributed by atoms with van der Waals surface area (Å²) in [7, 11) is 2.84. The lowest BCUT2D eigenvalue weighted by molar-refractivity contribution is -0.161. The van der Waals surface area contributed by atoms with Crippen molar-refractivity contribution in [2.45, 2.75) is 36.8 Å². The largest absolute Gasteiger partial charge is 0.497 e. The van der Waals surface area contributed by atoms with E-state index in [1.54, 1.807) is 19.2 Å². The summed E-state index contributed by atoms with van der Waals surface area (Å²) >= 11 is 0. The minimum atomic E-state index is -1.32. The van der Waals surface area contributed by atoms with Crippen molar-refractivity contribution in [3.63, 3.8) is 0 Å². The zero-order valence-corrected chi connectivity index (χ0v) is 16.3. The van der Waals surface area contributed by atoms with E-state index in [-0.39, 0.29) is 18.9 Å². The second-order valence-corrected chi connectivity index (χ2v) is 7.35. The number of carbonyl (C=O) groups excluding carboxylic acids is 3. The molecule has 0 unspecified atom stereocenters. The van der Waals surface area contributed by atoms with Crippen LogP contribution >= 0.6 is 0 Å². The van der Waals surface area contributed by atoms with Gasteiger partial charge in [-0.3, -0.25) is 4.79 Å². The van der Waals surface area contributed by atoms with Gasteiger partial charge in [-0.1, -0.05) is 24.3 Å². The Morgan fingerprint density at radius 1 is 1.31 bits per heavy atom. The average molecular weight is 401 g/mol. The molecule has 0 aliphatic carbocycles. The van der Waals surface area contributed by atoms with Crippen LogP contribution in [-0.2, 0) is 35.1 Å². The van der Waals surface area contributed by atoms with Crippen molar-refractivity contribution in [3.8, 4) is 5.75 Å². The fraction of sp³-hybridized carbons (Fsp3) is 0.476. The van der Waals surface area contributed by atoms with Crippen LogP contribution in [0.1, 0.15) is 12.0 Å². The molecule has 8 heteroatoms. The van der Waals surface area contributed by atoms with E-state index in [4.69, 9.17) is 18.9 Å². The summed E-state index contributed by atoms with van der Waals surface area (Å²) in [6.45, 7) is 0.531. The Morgan fingerprint density at radius 3 is 2.72 bits per heavy atom. The topological polar surface area (TPSA) is 91.4 Å². The van der Waals surface area contributed by atoms with Crippen molar-refractivity contribution in [1.82, 2.24) is 4.90 Å². The van der Waals surface area contributed by atoms with E-state index < -0.39 is 35.7 Å². The van der Waals surface area contributed by atoms with Gasteiger partial charge in [-0.2, -0.15) is 0 Å². The first-order valence-corrected chi connectivity index (χ1v) is 9.46. The minimum absolute atomic E-state index is 0.105. The summed E-state index contributed by atoms with van der Waals surface area (Å²) in [6.07, 6.45) is 3.20. The number of esters is 1. The molecule has 3 aliphatic heterocycles. The Balaban J connectivity index is 1.73. The first-order valence-electron chi connectivity index (χ1n) is 9.46. The van der Waals surface area contributed by atoms with Gasteiger partial charge in [0, 0.05) is 13.0 Å². The molecule has 1 aromatic carbocycles. The van der Waals surface area contributed by atoms with Crippen LogP contribution < -0.4 is 4.74 Å². The lowest BCUT2D eigenvalue weighted by Crippen LogP contribution is -2.53. The van der Waals surface area contributed by atoms with E-state index in [2.05, 4.69) is 0 Å². The quantitative estimate of drug-likeness (QED) is 0.397. The highest BCUT2D eigenvalue weighted by Gasteiger charge is 2.71. The molecule has 5 atom stereocenters. The van der Waals surface area contributed by atoms with Crippen LogP contribution in [0.4, 0.5) is 0 Å². The third-order valence-corrected chi connectivity index (χ3v) is 5.91. The van der Waals surface area contributed by atoms with Crippen LogP contribution in [0, 0.1) is 5.92 Å². The van der Waals surface area contributed by atoms with Crippen LogP contribution in [0.3, 0.4) is 0 Å². The molecule has 1 aromatic rings. The molecule has 0 radical (unpaired) electrons. The van der Waals surface area contributed by atoms with E-state index in [0.29, 0.717) is 18.6 Å². The molecule has 3 heterocycles. The molecule has 2 saturated heterocycles. The second-order valence-electron chi connectivity index (χ2n) is 7.35. The number of carbonyl (C=O) groups is 3. The van der Waals surface area contributed by atoms with Gasteiger partial charge in [0.2, 0.25) is 5.91 Å². The van der Waals surface area contributed by atoms with Crippen LogP contribution in [0.25, 0.3) is 0 Å². The SMILES string of the molecule is COC(=O)[C@H]1N(Cc2ccc(OC)cc2)C(=O)[C@@H]2[C@H]3OCC=C[C@H]3O[C@@]21CC=O. The Morgan fingerprint density at radius 2 is 2.07 bits per heavy atom. The number of hydrogen-bond acceptors (Lipinski definition) is 7. The Labute approximate surface area is 168 Å². The zero-order valence-electron chi connectivity index (χ0n) is 16.3. The Bertz CT molecular complexity index is 836. The van der Waals surface area contributed by atoms with Gasteiger partial charge < -0.3 is 28.6 Å². The van der Waals surface area contributed by atoms with Crippen LogP contribution in [0.15, 0.2) is 36.4 Å². The summed E-state index contributed by atoms with van der Waals surface area (Å²) in [4.78, 5) is 39.3. The van der Waals surface area contributed by atoms with Gasteiger partial charge in [-0.15, -0.1) is 0 Å². The molecule has 3 aliphatic rings. The molecule has 0 spiro atoms. The van der Waals surface area contributed by atoms with Crippen molar-refractivity contribution in [1.29, 1.82) is 0 Å². The van der Waals surface area contributed by atoms with E-state index in [9.17, 15) is 14.4 Å². The summed E-state index contributed by atoms with van der Waals surface area (Å²) < 4.78 is 22.2. The first kappa shape index (κ1) is 19.6. The van der Waals surface area contributed by atoms with Crippen molar-refractivity contribution < 1.29 is 33.3 Å². The van der Waals surface area contributed by atoms with Crippen LogP contribution in [-0.4, -0.2) is 67.7 Å². The van der Waals surface area contributed by atoms with Gasteiger partial charge in [0.1, 0.15) is 29.8 Å². The standard InChI is InChI=1S/C21H23NO7/c1-26-14-7-5-13(6-8-14)12-22-18(20(25)27-2)21(9-10-23)16(19(22)24)17-15(29-21)4-3-11-28-17/h3-8,10,15-18H,9,11-12H2,1-2H3/t15-,16+,17+,18-,21+/m1/s1. The van der Waals surface area contributed by atoms with Crippen LogP contribution in [0.2, 0.25) is 0 Å². The monoisotopic (exact) mass is 401 g/mol. The predicted octanol–water partition coefficient (Wildman–Crippen LogP) is 0.877. The minimum Gasteiger partial charge on any atom is -0.497 e. The van der Waals surface area contributed by atoms with Crippen molar-refractivity contribution in [2.24, 2.45) is 5.92 Å². The highest BCUT2D eigenvalue weighted by Crippen LogP contribution is 2.51. The number of likely N-dealkylation sites (tertiary alicyclic amines) is 1. The molecule has 0 N–H and O–H groups in total. The van der Waals surface area contributed by atoms with Crippen molar-refractivity contribution in [2.75, 3.05) is 20.8 Å². The molecule has 2 fully saturated rings. The van der Waals surface area contributed by atoms with Gasteiger partial charge in [-0.05, 0) is 17.7 Å². The van der Waals surface area contributed by atoms with Gasteiger partial charge >= 0.3 is 5.97 Å². The number of rotatable bonds is 6. The molecular formula is C21H23NO7. The Hall–Kier alpha value is -2.71. The maximum absolute atomic E-state index is 13.5. The van der Waals surface area contributed by atoms with E-state index in [1.165, 1.54) is 12.0 Å². The van der Waals surface area contributed by atoms with Crippen molar-refractivity contribution >= 4 is 18.2 Å². The maximum Gasteiger partial charge on any atom is 0.331 e. The van der Waals surface area contributed by atoms with Gasteiger partial charge in [-0.25, -0.2) is 4.79 Å². The summed E-state index contributed by atoms with van der Waals surface area (Å²) in [5.74, 6) is -0.960. The number of ether oxygens (including phenoxy) is 4. The van der Waals surface area contributed by atoms with E-state index in [1.807, 2.05) is 24.3 Å². The number of hydrogen-bond donors (Lipinski definition) is 0. The second kappa shape index (κ2) is 7.61. The Kier molecular flexibility index (Phi) is 5.14. The third-order valence-electron chi connectivity index (χ3n) is 5.91. The lowest BCUT2D eigenvalue weighted by Gasteiger charge is -2.34. The number of nitrogens with zero attached hydrogens (tertiary/aromatic N) is 1. The van der Waals surface area contributed by atoms with Gasteiger partial charge in [0.25, 0.3) is 0 Å². The van der Waals surface area contributed by atoms with Crippen LogP contribution in [0.5, 0.6) is 5.75 Å². The smallest absolute Gasteiger partial charge is 0.331 e. The fourth-order valence-electron chi connectivity index (χ4n) is 4.66. The number of fused-ring (bicyclic) bond motifs is 3. The fourth-order valence-corrected chi connectivity index (χ4v) is 4.66. The summed E-state index contributed by atoms with van der Waals surface area (Å²) in [6, 6.07) is 6.17. The molecule has 0 saturated carbocycles. The van der Waals surface area contributed by atoms with Gasteiger partial charge in [0.05, 0.1) is 26.7 Å². The number of amides is 1. The normalized spacial score (nSPS) is 32.6. The number of benzene rings is 1. The lowest BCUT2D eigenvalue weighted by atomic mass is 9.80. The zero-order chi connectivity index (χ0) is 20.6. The average Bonchev–Trinajstić information content (AvgIpc) is 3.18. The van der Waals surface area contributed by atoms with E-state index >= 15 is 0 Å². The first-order chi connectivity index (χ1) is 14.1. The molecule has 4 rings (SSSR count).